The molecule has 0 radical (unpaired) electrons. The molecule has 0 aromatic carbocycles. The Labute approximate surface area is 137 Å². The summed E-state index contributed by atoms with van der Waals surface area (Å²) < 4.78 is 25.4. The molecule has 0 saturated carbocycles. The Morgan fingerprint density at radius 3 is 2.78 bits per heavy atom. The van der Waals surface area contributed by atoms with E-state index in [9.17, 15) is 13.2 Å². The summed E-state index contributed by atoms with van der Waals surface area (Å²) in [5.74, 6) is 1.24. The van der Waals surface area contributed by atoms with Crippen LogP contribution in [0.15, 0.2) is 12.4 Å². The van der Waals surface area contributed by atoms with E-state index in [4.69, 9.17) is 0 Å². The van der Waals surface area contributed by atoms with Crippen LogP contribution in [0.2, 0.25) is 0 Å². The van der Waals surface area contributed by atoms with Gasteiger partial charge in [0, 0.05) is 31.4 Å². The van der Waals surface area contributed by atoms with Crippen LogP contribution in [0.1, 0.15) is 50.9 Å². The van der Waals surface area contributed by atoms with Crippen molar-refractivity contribution in [3.63, 3.8) is 0 Å². The van der Waals surface area contributed by atoms with E-state index in [1.807, 2.05) is 17.3 Å². The molecule has 2 aliphatic heterocycles. The van der Waals surface area contributed by atoms with Gasteiger partial charge >= 0.3 is 0 Å². The van der Waals surface area contributed by atoms with Crippen LogP contribution in [0.25, 0.3) is 0 Å². The summed E-state index contributed by atoms with van der Waals surface area (Å²) in [6.45, 7) is 5.63. The molecule has 1 aromatic rings. The second-order valence-electron chi connectivity index (χ2n) is 7.03. The molecular weight excluding hydrogens is 314 g/mol. The predicted molar refractivity (Wildman–Crippen MR) is 87.9 cm³/mol. The summed E-state index contributed by atoms with van der Waals surface area (Å²) in [4.78, 5) is 19.0. The van der Waals surface area contributed by atoms with Crippen molar-refractivity contribution in [2.45, 2.75) is 45.1 Å². The van der Waals surface area contributed by atoms with E-state index in [0.29, 0.717) is 18.9 Å². The molecule has 2 aliphatic rings. The van der Waals surface area contributed by atoms with E-state index >= 15 is 0 Å². The molecule has 0 spiro atoms. The average molecular weight is 339 g/mol. The standard InChI is InChI=1S/C16H25N3O3S/c1-12(2)15-17-6-8-19(15)14-4-3-7-18(10-14)16(20)13-5-9-23(21,22)11-13/h6,8,12-14H,3-5,7,9-11H2,1-2H3/t13-,14-/m0/s1. The monoisotopic (exact) mass is 339 g/mol. The first-order chi connectivity index (χ1) is 10.9. The van der Waals surface area contributed by atoms with Gasteiger partial charge < -0.3 is 9.47 Å². The Morgan fingerprint density at radius 2 is 2.13 bits per heavy atom. The van der Waals surface area contributed by atoms with Gasteiger partial charge in [0.05, 0.1) is 23.5 Å². The molecule has 23 heavy (non-hydrogen) atoms. The first-order valence-corrected chi connectivity index (χ1v) is 10.2. The van der Waals surface area contributed by atoms with Gasteiger partial charge in [-0.3, -0.25) is 4.79 Å². The second kappa shape index (κ2) is 6.26. The number of sulfone groups is 1. The normalized spacial score (nSPS) is 27.5. The SMILES string of the molecule is CC(C)c1nccn1[C@H]1CCCN(C(=O)[C@H]2CCS(=O)(=O)C2)C1. The number of nitrogens with zero attached hydrogens (tertiary/aromatic N) is 3. The highest BCUT2D eigenvalue weighted by atomic mass is 32.2. The number of imidazole rings is 1. The maximum absolute atomic E-state index is 12.7. The number of carbonyl (C=O) groups is 1. The molecule has 2 fully saturated rings. The van der Waals surface area contributed by atoms with Gasteiger partial charge in [-0.1, -0.05) is 13.8 Å². The van der Waals surface area contributed by atoms with Crippen molar-refractivity contribution in [3.05, 3.63) is 18.2 Å². The quantitative estimate of drug-likeness (QED) is 0.838. The molecule has 3 rings (SSSR count). The van der Waals surface area contributed by atoms with Crippen molar-refractivity contribution < 1.29 is 13.2 Å². The largest absolute Gasteiger partial charge is 0.340 e. The smallest absolute Gasteiger partial charge is 0.226 e. The lowest BCUT2D eigenvalue weighted by Gasteiger charge is -2.35. The van der Waals surface area contributed by atoms with Crippen LogP contribution in [-0.2, 0) is 14.6 Å². The zero-order chi connectivity index (χ0) is 16.6. The first-order valence-electron chi connectivity index (χ1n) is 8.39. The Balaban J connectivity index is 1.71. The van der Waals surface area contributed by atoms with Gasteiger partial charge in [0.25, 0.3) is 0 Å². The Hall–Kier alpha value is -1.37. The summed E-state index contributed by atoms with van der Waals surface area (Å²) in [5.41, 5.74) is 0. The van der Waals surface area contributed by atoms with Crippen LogP contribution >= 0.6 is 0 Å². The molecule has 3 heterocycles. The Morgan fingerprint density at radius 1 is 1.35 bits per heavy atom. The molecule has 2 atom stereocenters. The van der Waals surface area contributed by atoms with Crippen molar-refractivity contribution in [2.75, 3.05) is 24.6 Å². The Kier molecular flexibility index (Phi) is 4.49. The van der Waals surface area contributed by atoms with E-state index in [2.05, 4.69) is 23.4 Å². The van der Waals surface area contributed by atoms with Crippen molar-refractivity contribution in [3.8, 4) is 0 Å². The zero-order valence-electron chi connectivity index (χ0n) is 13.8. The molecular formula is C16H25N3O3S. The Bertz CT molecular complexity index is 680. The van der Waals surface area contributed by atoms with Gasteiger partial charge in [0.15, 0.2) is 9.84 Å². The van der Waals surface area contributed by atoms with Gasteiger partial charge in [-0.25, -0.2) is 13.4 Å². The first kappa shape index (κ1) is 16.5. The lowest BCUT2D eigenvalue weighted by Crippen LogP contribution is -2.44. The number of aromatic nitrogens is 2. The third-order valence-corrected chi connectivity index (χ3v) is 6.67. The second-order valence-corrected chi connectivity index (χ2v) is 9.26. The lowest BCUT2D eigenvalue weighted by atomic mass is 10.0. The summed E-state index contributed by atoms with van der Waals surface area (Å²) >= 11 is 0. The fourth-order valence-electron chi connectivity index (χ4n) is 3.71. The molecule has 1 aromatic heterocycles. The fourth-order valence-corrected chi connectivity index (χ4v) is 5.44. The number of likely N-dealkylation sites (tertiary alicyclic amines) is 1. The van der Waals surface area contributed by atoms with Crippen molar-refractivity contribution >= 4 is 15.7 Å². The molecule has 128 valence electrons. The summed E-state index contributed by atoms with van der Waals surface area (Å²) in [7, 11) is -3.02. The van der Waals surface area contributed by atoms with Crippen molar-refractivity contribution in [1.29, 1.82) is 0 Å². The lowest BCUT2D eigenvalue weighted by molar-refractivity contribution is -0.136. The molecule has 0 aliphatic carbocycles. The topological polar surface area (TPSA) is 72.3 Å². The number of carbonyl (C=O) groups excluding carboxylic acids is 1. The van der Waals surface area contributed by atoms with Crippen molar-refractivity contribution in [1.82, 2.24) is 14.5 Å². The highest BCUT2D eigenvalue weighted by molar-refractivity contribution is 7.91. The molecule has 1 amide bonds. The molecule has 0 N–H and O–H groups in total. The van der Waals surface area contributed by atoms with Crippen LogP contribution in [0, 0.1) is 5.92 Å². The minimum Gasteiger partial charge on any atom is -0.340 e. The highest BCUT2D eigenvalue weighted by Gasteiger charge is 2.37. The van der Waals surface area contributed by atoms with E-state index in [-0.39, 0.29) is 29.4 Å². The minimum absolute atomic E-state index is 0.0157. The fraction of sp³-hybridized carbons (Fsp3) is 0.750. The minimum atomic E-state index is -3.02. The zero-order valence-corrected chi connectivity index (χ0v) is 14.6. The van der Waals surface area contributed by atoms with Crippen LogP contribution in [0.3, 0.4) is 0 Å². The van der Waals surface area contributed by atoms with Crippen LogP contribution in [-0.4, -0.2) is 53.4 Å². The third-order valence-electron chi connectivity index (χ3n) is 4.90. The maximum atomic E-state index is 12.7. The third kappa shape index (κ3) is 3.44. The number of rotatable bonds is 3. The molecule has 7 heteroatoms. The number of piperidine rings is 1. The predicted octanol–water partition coefficient (Wildman–Crippen LogP) is 1.60. The van der Waals surface area contributed by atoms with Crippen molar-refractivity contribution in [2.24, 2.45) is 5.92 Å². The molecule has 0 bridgehead atoms. The molecule has 6 nitrogen and oxygen atoms in total. The average Bonchev–Trinajstić information content (AvgIpc) is 3.13. The van der Waals surface area contributed by atoms with Gasteiger partial charge in [-0.05, 0) is 19.3 Å². The maximum Gasteiger partial charge on any atom is 0.226 e. The van der Waals surface area contributed by atoms with Gasteiger partial charge in [-0.2, -0.15) is 0 Å². The van der Waals surface area contributed by atoms with Gasteiger partial charge in [0.2, 0.25) is 5.91 Å². The van der Waals surface area contributed by atoms with Crippen LogP contribution < -0.4 is 0 Å². The van der Waals surface area contributed by atoms with Gasteiger partial charge in [-0.15, -0.1) is 0 Å². The van der Waals surface area contributed by atoms with Crippen LogP contribution in [0.5, 0.6) is 0 Å². The van der Waals surface area contributed by atoms with Crippen LogP contribution in [0.4, 0.5) is 0 Å². The summed E-state index contributed by atoms with van der Waals surface area (Å²) in [5, 5.41) is 0. The molecule has 0 unspecified atom stereocenters. The van der Waals surface area contributed by atoms with E-state index < -0.39 is 9.84 Å². The van der Waals surface area contributed by atoms with E-state index in [1.54, 1.807) is 0 Å². The number of hydrogen-bond donors (Lipinski definition) is 0. The molecule has 2 saturated heterocycles. The number of amides is 1. The van der Waals surface area contributed by atoms with E-state index in [0.717, 1.165) is 25.2 Å². The van der Waals surface area contributed by atoms with Gasteiger partial charge in [0.1, 0.15) is 5.82 Å². The number of hydrogen-bond acceptors (Lipinski definition) is 4. The highest BCUT2D eigenvalue weighted by Crippen LogP contribution is 2.28. The summed E-state index contributed by atoms with van der Waals surface area (Å²) in [6.07, 6.45) is 6.27. The summed E-state index contributed by atoms with van der Waals surface area (Å²) in [6, 6.07) is 0.241. The van der Waals surface area contributed by atoms with E-state index in [1.165, 1.54) is 0 Å².